The summed E-state index contributed by atoms with van der Waals surface area (Å²) in [5, 5.41) is 14.2. The number of benzene rings is 3. The van der Waals surface area contributed by atoms with Gasteiger partial charge in [0.1, 0.15) is 0 Å². The van der Waals surface area contributed by atoms with E-state index in [1.54, 1.807) is 56.6 Å². The average Bonchev–Trinajstić information content (AvgIpc) is 2.82. The molecule has 3 aromatic rings. The van der Waals surface area contributed by atoms with Crippen molar-refractivity contribution in [3.8, 4) is 0 Å². The Balaban J connectivity index is 0.00000432. The normalized spacial score (nSPS) is 12.9. The number of hydrogen-bond donors (Lipinski definition) is 2. The van der Waals surface area contributed by atoms with E-state index in [1.807, 2.05) is 13.0 Å². The second-order valence-electron chi connectivity index (χ2n) is 8.46. The molecule has 3 aromatic carbocycles. The lowest BCUT2D eigenvalue weighted by Gasteiger charge is -2.18. The summed E-state index contributed by atoms with van der Waals surface area (Å²) in [6.45, 7) is 2.38. The number of carbonyl (C=O) groups is 1. The highest BCUT2D eigenvalue weighted by molar-refractivity contribution is 7.91. The van der Waals surface area contributed by atoms with Crippen LogP contribution < -0.4 is 5.32 Å². The Hall–Kier alpha value is -2.42. The number of hydrogen-bond acceptors (Lipinski definition) is 5. The summed E-state index contributed by atoms with van der Waals surface area (Å²) in [6, 6.07) is 19.9. The van der Waals surface area contributed by atoms with Crippen LogP contribution in [0.25, 0.3) is 0 Å². The Bertz CT molecular complexity index is 1230. The standard InChI is InChI=1S/C26H29ClN2O4S.ClH/c1-18(28-17-25(30)21-5-4-6-22(27)16-21)15-19-7-11-23(12-8-19)34(32,33)24-13-9-20(10-14-24)26(31)29(2)3;/h4-14,16,18,25,28,30H,15,17H2,1-3H3;1H/t18-,25-;/m1./s1. The van der Waals surface area contributed by atoms with Gasteiger partial charge in [0.05, 0.1) is 15.9 Å². The molecule has 0 bridgehead atoms. The zero-order chi connectivity index (χ0) is 24.9. The molecule has 0 fully saturated rings. The quantitative estimate of drug-likeness (QED) is 0.418. The predicted molar refractivity (Wildman–Crippen MR) is 141 cm³/mol. The lowest BCUT2D eigenvalue weighted by Crippen LogP contribution is -2.32. The van der Waals surface area contributed by atoms with E-state index in [2.05, 4.69) is 5.32 Å². The van der Waals surface area contributed by atoms with E-state index in [9.17, 15) is 18.3 Å². The first kappa shape index (κ1) is 28.8. The molecule has 1 amide bonds. The van der Waals surface area contributed by atoms with Crippen LogP contribution in [0.4, 0.5) is 0 Å². The molecule has 0 heterocycles. The Morgan fingerprint density at radius 1 is 1.00 bits per heavy atom. The van der Waals surface area contributed by atoms with Crippen LogP contribution in [0.2, 0.25) is 5.02 Å². The summed E-state index contributed by atoms with van der Waals surface area (Å²) in [6.07, 6.45) is -0.00250. The zero-order valence-electron chi connectivity index (χ0n) is 19.8. The van der Waals surface area contributed by atoms with Gasteiger partial charge in [-0.25, -0.2) is 8.42 Å². The first-order valence-electron chi connectivity index (χ1n) is 10.9. The molecule has 0 saturated carbocycles. The minimum atomic E-state index is -3.69. The van der Waals surface area contributed by atoms with Crippen molar-refractivity contribution in [2.45, 2.75) is 35.3 Å². The molecule has 0 saturated heterocycles. The SMILES string of the molecule is C[C@H](Cc1ccc(S(=O)(=O)c2ccc(C(=O)N(C)C)cc2)cc1)NC[C@@H](O)c1cccc(Cl)c1.Cl. The third kappa shape index (κ3) is 7.53. The van der Waals surface area contributed by atoms with E-state index < -0.39 is 15.9 Å². The van der Waals surface area contributed by atoms with Crippen molar-refractivity contribution in [2.24, 2.45) is 0 Å². The summed E-state index contributed by atoms with van der Waals surface area (Å²) in [7, 11) is -0.397. The minimum Gasteiger partial charge on any atom is -0.387 e. The van der Waals surface area contributed by atoms with Crippen molar-refractivity contribution in [3.05, 3.63) is 94.5 Å². The van der Waals surface area contributed by atoms with Crippen LogP contribution in [0.1, 0.15) is 34.5 Å². The number of sulfone groups is 1. The second kappa shape index (κ2) is 12.5. The zero-order valence-corrected chi connectivity index (χ0v) is 22.2. The fourth-order valence-electron chi connectivity index (χ4n) is 3.55. The molecule has 3 rings (SSSR count). The lowest BCUT2D eigenvalue weighted by atomic mass is 10.1. The lowest BCUT2D eigenvalue weighted by molar-refractivity contribution is 0.0827. The van der Waals surface area contributed by atoms with Crippen LogP contribution in [0.3, 0.4) is 0 Å². The minimum absolute atomic E-state index is 0. The highest BCUT2D eigenvalue weighted by Gasteiger charge is 2.19. The van der Waals surface area contributed by atoms with Crippen molar-refractivity contribution >= 4 is 39.8 Å². The number of amides is 1. The van der Waals surface area contributed by atoms with E-state index in [0.717, 1.165) is 11.1 Å². The van der Waals surface area contributed by atoms with E-state index in [4.69, 9.17) is 11.6 Å². The maximum Gasteiger partial charge on any atom is 0.253 e. The van der Waals surface area contributed by atoms with Gasteiger partial charge >= 0.3 is 0 Å². The molecular weight excluding hydrogens is 507 g/mol. The van der Waals surface area contributed by atoms with Crippen molar-refractivity contribution in [3.63, 3.8) is 0 Å². The fourth-order valence-corrected chi connectivity index (χ4v) is 5.01. The summed E-state index contributed by atoms with van der Waals surface area (Å²) in [4.78, 5) is 13.8. The largest absolute Gasteiger partial charge is 0.387 e. The van der Waals surface area contributed by atoms with Gasteiger partial charge in [0.25, 0.3) is 5.91 Å². The number of nitrogens with one attached hydrogen (secondary N) is 1. The van der Waals surface area contributed by atoms with Crippen LogP contribution in [0.5, 0.6) is 0 Å². The smallest absolute Gasteiger partial charge is 0.253 e. The molecule has 0 radical (unpaired) electrons. The number of aliphatic hydroxyl groups excluding tert-OH is 1. The topological polar surface area (TPSA) is 86.7 Å². The number of nitrogens with zero attached hydrogens (tertiary/aromatic N) is 1. The highest BCUT2D eigenvalue weighted by Crippen LogP contribution is 2.22. The third-order valence-electron chi connectivity index (χ3n) is 5.49. The van der Waals surface area contributed by atoms with Crippen molar-refractivity contribution in [1.82, 2.24) is 10.2 Å². The summed E-state index contributed by atoms with van der Waals surface area (Å²) >= 11 is 5.98. The maximum absolute atomic E-state index is 13.0. The summed E-state index contributed by atoms with van der Waals surface area (Å²) in [5.74, 6) is -0.184. The van der Waals surface area contributed by atoms with Gasteiger partial charge in [-0.1, -0.05) is 35.9 Å². The second-order valence-corrected chi connectivity index (χ2v) is 10.8. The third-order valence-corrected chi connectivity index (χ3v) is 7.51. The van der Waals surface area contributed by atoms with Gasteiger partial charge in [-0.15, -0.1) is 12.4 Å². The highest BCUT2D eigenvalue weighted by atomic mass is 35.5. The Labute approximate surface area is 218 Å². The molecule has 0 unspecified atom stereocenters. The Kier molecular flexibility index (Phi) is 10.3. The maximum atomic E-state index is 13.0. The van der Waals surface area contributed by atoms with Crippen LogP contribution in [-0.4, -0.2) is 51.0 Å². The van der Waals surface area contributed by atoms with Gasteiger partial charge in [0, 0.05) is 37.3 Å². The number of rotatable bonds is 9. The average molecular weight is 538 g/mol. The van der Waals surface area contributed by atoms with Crippen molar-refractivity contribution in [1.29, 1.82) is 0 Å². The monoisotopic (exact) mass is 536 g/mol. The van der Waals surface area contributed by atoms with Crippen LogP contribution in [0, 0.1) is 0 Å². The van der Waals surface area contributed by atoms with Crippen LogP contribution in [-0.2, 0) is 16.3 Å². The molecule has 35 heavy (non-hydrogen) atoms. The van der Waals surface area contributed by atoms with Crippen molar-refractivity contribution in [2.75, 3.05) is 20.6 Å². The molecule has 0 aliphatic heterocycles. The molecule has 0 aliphatic rings. The summed E-state index contributed by atoms with van der Waals surface area (Å²) in [5.41, 5.74) is 2.16. The van der Waals surface area contributed by atoms with Gasteiger partial charge in [0.15, 0.2) is 0 Å². The van der Waals surface area contributed by atoms with Gasteiger partial charge in [0.2, 0.25) is 9.84 Å². The number of carbonyl (C=O) groups excluding carboxylic acids is 1. The Morgan fingerprint density at radius 2 is 1.57 bits per heavy atom. The van der Waals surface area contributed by atoms with Crippen molar-refractivity contribution < 1.29 is 18.3 Å². The Morgan fingerprint density at radius 3 is 2.11 bits per heavy atom. The van der Waals surface area contributed by atoms with E-state index in [-0.39, 0.29) is 34.1 Å². The van der Waals surface area contributed by atoms with Gasteiger partial charge in [-0.05, 0) is 73.0 Å². The van der Waals surface area contributed by atoms with Gasteiger partial charge in [-0.2, -0.15) is 0 Å². The van der Waals surface area contributed by atoms with E-state index >= 15 is 0 Å². The van der Waals surface area contributed by atoms with Crippen LogP contribution in [0.15, 0.2) is 82.6 Å². The summed E-state index contributed by atoms with van der Waals surface area (Å²) < 4.78 is 25.9. The molecule has 2 atom stereocenters. The number of halogens is 2. The molecule has 0 spiro atoms. The molecular formula is C26H30Cl2N2O4S. The first-order valence-corrected chi connectivity index (χ1v) is 12.8. The van der Waals surface area contributed by atoms with Crippen LogP contribution >= 0.6 is 24.0 Å². The van der Waals surface area contributed by atoms with E-state index in [0.29, 0.717) is 23.6 Å². The number of aliphatic hydroxyl groups is 1. The molecule has 0 aliphatic carbocycles. The van der Waals surface area contributed by atoms with E-state index in [1.165, 1.54) is 29.2 Å². The molecule has 9 heteroatoms. The molecule has 2 N–H and O–H groups in total. The predicted octanol–water partition coefficient (Wildman–Crippen LogP) is 4.55. The molecule has 6 nitrogen and oxygen atoms in total. The molecule has 0 aromatic heterocycles. The fraction of sp³-hybridized carbons (Fsp3) is 0.269. The molecule has 188 valence electrons. The van der Waals surface area contributed by atoms with Gasteiger partial charge < -0.3 is 15.3 Å². The first-order chi connectivity index (χ1) is 16.1. The van der Waals surface area contributed by atoms with Gasteiger partial charge in [-0.3, -0.25) is 4.79 Å².